The van der Waals surface area contributed by atoms with Crippen LogP contribution in [-0.4, -0.2) is 58.9 Å². The van der Waals surface area contributed by atoms with Crippen LogP contribution in [-0.2, 0) is 19.4 Å². The average Bonchev–Trinajstić information content (AvgIpc) is 2.95. The Labute approximate surface area is 188 Å². The molecular weight excluding hydrogens is 470 g/mol. The first-order valence-electron chi connectivity index (χ1n) is 9.06. The van der Waals surface area contributed by atoms with Gasteiger partial charge in [0.05, 0.1) is 15.1 Å². The lowest BCUT2D eigenvalue weighted by atomic mass is 10.2. The molecule has 1 fully saturated rings. The minimum absolute atomic E-state index is 0.0558. The van der Waals surface area contributed by atoms with E-state index >= 15 is 0 Å². The van der Waals surface area contributed by atoms with Crippen LogP contribution in [0.5, 0.6) is 0 Å². The van der Waals surface area contributed by atoms with E-state index in [9.17, 15) is 32.9 Å². The van der Waals surface area contributed by atoms with Gasteiger partial charge < -0.3 is 5.32 Å². The summed E-state index contributed by atoms with van der Waals surface area (Å²) in [5.74, 6) is -1.34. The van der Waals surface area contributed by atoms with Crippen LogP contribution in [0.15, 0.2) is 23.1 Å². The van der Waals surface area contributed by atoms with E-state index in [1.165, 1.54) is 45.0 Å². The summed E-state index contributed by atoms with van der Waals surface area (Å²) in [6, 6.07) is 3.98. The van der Waals surface area contributed by atoms with Crippen molar-refractivity contribution in [1.82, 2.24) is 10.2 Å². The van der Waals surface area contributed by atoms with Crippen molar-refractivity contribution in [2.24, 2.45) is 0 Å². The number of thioether (sulfide) groups is 1. The van der Waals surface area contributed by atoms with Crippen LogP contribution in [0.4, 0.5) is 10.5 Å². The van der Waals surface area contributed by atoms with Crippen LogP contribution in [0, 0.1) is 10.1 Å². The van der Waals surface area contributed by atoms with Crippen LogP contribution in [0.1, 0.15) is 26.3 Å². The molecule has 1 aromatic rings. The van der Waals surface area contributed by atoms with Gasteiger partial charge in [0.2, 0.25) is 5.91 Å². The number of imide groups is 1. The molecule has 1 aliphatic heterocycles. The fourth-order valence-electron chi connectivity index (χ4n) is 2.60. The van der Waals surface area contributed by atoms with Crippen molar-refractivity contribution < 1.29 is 27.7 Å². The fourth-order valence-corrected chi connectivity index (χ4v) is 4.85. The summed E-state index contributed by atoms with van der Waals surface area (Å²) in [4.78, 5) is 48.1. The topological polar surface area (TPSA) is 144 Å². The number of nitro groups is 1. The molecule has 0 bridgehead atoms. The number of carbonyl (C=O) groups is 3. The third kappa shape index (κ3) is 5.63. The molecule has 1 aliphatic rings. The zero-order valence-electron chi connectivity index (χ0n) is 16.8. The maximum Gasteiger partial charge on any atom is 0.293 e. The second-order valence-electron chi connectivity index (χ2n) is 6.87. The van der Waals surface area contributed by atoms with Gasteiger partial charge in [-0.1, -0.05) is 17.7 Å². The highest BCUT2D eigenvalue weighted by atomic mass is 35.5. The minimum Gasteiger partial charge on any atom is -0.353 e. The lowest BCUT2D eigenvalue weighted by molar-refractivity contribution is -0.384. The largest absolute Gasteiger partial charge is 0.353 e. The van der Waals surface area contributed by atoms with Gasteiger partial charge in [-0.25, -0.2) is 8.42 Å². The van der Waals surface area contributed by atoms with E-state index in [0.29, 0.717) is 17.3 Å². The third-order valence-corrected chi connectivity index (χ3v) is 8.23. The fraction of sp³-hybridized carbons (Fsp3) is 0.389. The minimum atomic E-state index is -3.63. The van der Waals surface area contributed by atoms with Crippen molar-refractivity contribution in [3.63, 3.8) is 0 Å². The lowest BCUT2D eigenvalue weighted by Gasteiger charge is -2.17. The molecule has 1 atom stereocenters. The molecule has 1 heterocycles. The number of nitrogens with zero attached hydrogens (tertiary/aromatic N) is 2. The molecule has 2 rings (SSSR count). The van der Waals surface area contributed by atoms with Gasteiger partial charge in [-0.05, 0) is 50.2 Å². The Hall–Kier alpha value is -2.44. The molecule has 1 unspecified atom stereocenters. The van der Waals surface area contributed by atoms with Crippen LogP contribution in [0.25, 0.3) is 6.08 Å². The van der Waals surface area contributed by atoms with Gasteiger partial charge in [0.25, 0.3) is 16.8 Å². The summed E-state index contributed by atoms with van der Waals surface area (Å²) in [6.45, 7) is 3.96. The molecule has 13 heteroatoms. The number of hydrogen-bond acceptors (Lipinski definition) is 8. The van der Waals surface area contributed by atoms with Crippen molar-refractivity contribution >= 4 is 62.0 Å². The van der Waals surface area contributed by atoms with E-state index in [-0.39, 0.29) is 28.7 Å². The SMILES string of the molecule is CC(C)S(=O)(=O)C(C)C(=O)NCCN1C(=O)S/C(=C/c2ccc(Cl)c([N+](=O)[O-])c2)C1=O. The molecule has 0 aliphatic carbocycles. The molecule has 1 aromatic carbocycles. The summed E-state index contributed by atoms with van der Waals surface area (Å²) in [5, 5.41) is 10.8. The van der Waals surface area contributed by atoms with E-state index in [0.717, 1.165) is 4.90 Å². The molecule has 0 radical (unpaired) electrons. The molecule has 31 heavy (non-hydrogen) atoms. The Morgan fingerprint density at radius 3 is 2.55 bits per heavy atom. The van der Waals surface area contributed by atoms with E-state index in [1.807, 2.05) is 0 Å². The van der Waals surface area contributed by atoms with Crippen LogP contribution in [0.3, 0.4) is 0 Å². The maximum absolute atomic E-state index is 12.5. The first-order valence-corrected chi connectivity index (χ1v) is 11.9. The normalized spacial score (nSPS) is 16.8. The molecule has 1 N–H and O–H groups in total. The van der Waals surface area contributed by atoms with Crippen LogP contribution in [0.2, 0.25) is 5.02 Å². The Kier molecular flexibility index (Phi) is 7.84. The molecule has 1 saturated heterocycles. The lowest BCUT2D eigenvalue weighted by Crippen LogP contribution is -2.44. The standard InChI is InChI=1S/C18H20ClN3O7S2/c1-10(2)31(28,29)11(3)16(23)20-6-7-21-17(24)15(30-18(21)25)9-12-4-5-13(19)14(8-12)22(26)27/h4-5,8-11H,6-7H2,1-3H3,(H,20,23)/b15-9+. The summed E-state index contributed by atoms with van der Waals surface area (Å²) in [7, 11) is -3.63. The van der Waals surface area contributed by atoms with E-state index in [4.69, 9.17) is 11.6 Å². The second kappa shape index (κ2) is 9.79. The van der Waals surface area contributed by atoms with Gasteiger partial charge in [-0.3, -0.25) is 29.4 Å². The third-order valence-electron chi connectivity index (χ3n) is 4.49. The summed E-state index contributed by atoms with van der Waals surface area (Å²) >= 11 is 6.42. The molecule has 0 saturated carbocycles. The molecule has 0 aromatic heterocycles. The number of carbonyl (C=O) groups excluding carboxylic acids is 3. The number of sulfone groups is 1. The second-order valence-corrected chi connectivity index (χ2v) is 11.1. The average molecular weight is 490 g/mol. The van der Waals surface area contributed by atoms with Gasteiger partial charge in [0.1, 0.15) is 10.3 Å². The Morgan fingerprint density at radius 2 is 1.97 bits per heavy atom. The zero-order chi connectivity index (χ0) is 23.5. The molecule has 3 amide bonds. The molecule has 0 spiro atoms. The summed E-state index contributed by atoms with van der Waals surface area (Å²) in [6.07, 6.45) is 1.34. The number of nitro benzene ring substituents is 1. The number of nitrogens with one attached hydrogen (secondary N) is 1. The van der Waals surface area contributed by atoms with Gasteiger partial charge in [-0.15, -0.1) is 0 Å². The Balaban J connectivity index is 2.05. The smallest absolute Gasteiger partial charge is 0.293 e. The van der Waals surface area contributed by atoms with Crippen molar-refractivity contribution in [3.8, 4) is 0 Å². The Morgan fingerprint density at radius 1 is 1.32 bits per heavy atom. The first kappa shape index (κ1) is 24.8. The molecule has 10 nitrogen and oxygen atoms in total. The quantitative estimate of drug-likeness (QED) is 0.333. The van der Waals surface area contributed by atoms with Crippen molar-refractivity contribution in [2.45, 2.75) is 31.3 Å². The highest BCUT2D eigenvalue weighted by Gasteiger charge is 2.35. The zero-order valence-corrected chi connectivity index (χ0v) is 19.2. The molecular formula is C18H20ClN3O7S2. The number of rotatable bonds is 8. The predicted octanol–water partition coefficient (Wildman–Crippen LogP) is 2.61. The highest BCUT2D eigenvalue weighted by Crippen LogP contribution is 2.33. The highest BCUT2D eigenvalue weighted by molar-refractivity contribution is 8.18. The van der Waals surface area contributed by atoms with Crippen molar-refractivity contribution in [1.29, 1.82) is 0 Å². The number of benzene rings is 1. The van der Waals surface area contributed by atoms with Crippen LogP contribution < -0.4 is 5.32 Å². The number of hydrogen-bond donors (Lipinski definition) is 1. The number of halogens is 1. The predicted molar refractivity (Wildman–Crippen MR) is 117 cm³/mol. The Bertz CT molecular complexity index is 1070. The van der Waals surface area contributed by atoms with E-state index in [2.05, 4.69) is 5.32 Å². The van der Waals surface area contributed by atoms with E-state index < -0.39 is 42.3 Å². The van der Waals surface area contributed by atoms with Crippen molar-refractivity contribution in [2.75, 3.05) is 13.1 Å². The summed E-state index contributed by atoms with van der Waals surface area (Å²) in [5.41, 5.74) is -0.00885. The molecule has 168 valence electrons. The van der Waals surface area contributed by atoms with Crippen molar-refractivity contribution in [3.05, 3.63) is 43.8 Å². The summed E-state index contributed by atoms with van der Waals surface area (Å²) < 4.78 is 24.1. The van der Waals surface area contributed by atoms with Gasteiger partial charge in [-0.2, -0.15) is 0 Å². The first-order chi connectivity index (χ1) is 14.4. The number of amides is 3. The van der Waals surface area contributed by atoms with Gasteiger partial charge in [0.15, 0.2) is 9.84 Å². The van der Waals surface area contributed by atoms with Crippen LogP contribution >= 0.6 is 23.4 Å². The maximum atomic E-state index is 12.5. The van der Waals surface area contributed by atoms with E-state index in [1.54, 1.807) is 0 Å². The monoisotopic (exact) mass is 489 g/mol. The van der Waals surface area contributed by atoms with Gasteiger partial charge >= 0.3 is 0 Å². The van der Waals surface area contributed by atoms with Gasteiger partial charge in [0, 0.05) is 19.2 Å².